The van der Waals surface area contributed by atoms with Crippen molar-refractivity contribution in [1.82, 2.24) is 4.90 Å². The Hall–Kier alpha value is -3.08. The van der Waals surface area contributed by atoms with Crippen molar-refractivity contribution in [3.05, 3.63) is 64.9 Å². The number of benzene rings is 2. The number of likely N-dealkylation sites (N-methyl/N-ethyl adjacent to an activating group) is 1. The van der Waals surface area contributed by atoms with Gasteiger partial charge in [-0.1, -0.05) is 36.8 Å². The molecule has 0 saturated carbocycles. The minimum Gasteiger partial charge on any atom is -0.494 e. The maximum absolute atomic E-state index is 13.0. The van der Waals surface area contributed by atoms with Crippen LogP contribution in [-0.2, 0) is 9.59 Å². The summed E-state index contributed by atoms with van der Waals surface area (Å²) < 4.78 is 5.68. The quantitative estimate of drug-likeness (QED) is 0.730. The van der Waals surface area contributed by atoms with Gasteiger partial charge in [0.15, 0.2) is 0 Å². The highest BCUT2D eigenvalue weighted by Crippen LogP contribution is 2.33. The zero-order valence-electron chi connectivity index (χ0n) is 16.8. The summed E-state index contributed by atoms with van der Waals surface area (Å²) >= 11 is 0. The Morgan fingerprint density at radius 2 is 1.79 bits per heavy atom. The van der Waals surface area contributed by atoms with E-state index in [-0.39, 0.29) is 11.8 Å². The van der Waals surface area contributed by atoms with E-state index in [4.69, 9.17) is 4.74 Å². The first-order valence-corrected chi connectivity index (χ1v) is 9.64. The maximum Gasteiger partial charge on any atom is 0.278 e. The van der Waals surface area contributed by atoms with Gasteiger partial charge in [-0.3, -0.25) is 14.5 Å². The molecule has 146 valence electrons. The number of nitrogens with zero attached hydrogens (tertiary/aromatic N) is 1. The van der Waals surface area contributed by atoms with Crippen LogP contribution in [0.4, 0.5) is 5.69 Å². The summed E-state index contributed by atoms with van der Waals surface area (Å²) in [5, 5.41) is 3.18. The second kappa shape index (κ2) is 8.30. The van der Waals surface area contributed by atoms with Crippen molar-refractivity contribution >= 4 is 23.1 Å². The fourth-order valence-electron chi connectivity index (χ4n) is 3.35. The molecule has 0 unspecified atom stereocenters. The second-order valence-corrected chi connectivity index (χ2v) is 6.92. The van der Waals surface area contributed by atoms with E-state index in [1.807, 2.05) is 63.2 Å². The Bertz CT molecular complexity index is 947. The third-order valence-electron chi connectivity index (χ3n) is 4.71. The van der Waals surface area contributed by atoms with Gasteiger partial charge >= 0.3 is 0 Å². The monoisotopic (exact) mass is 378 g/mol. The van der Waals surface area contributed by atoms with Crippen LogP contribution in [0.3, 0.4) is 0 Å². The molecule has 2 amide bonds. The van der Waals surface area contributed by atoms with E-state index in [2.05, 4.69) is 5.32 Å². The van der Waals surface area contributed by atoms with E-state index in [9.17, 15) is 9.59 Å². The number of hydrogen-bond acceptors (Lipinski definition) is 4. The predicted molar refractivity (Wildman–Crippen MR) is 111 cm³/mol. The summed E-state index contributed by atoms with van der Waals surface area (Å²) in [5.41, 5.74) is 4.30. The molecule has 0 aromatic heterocycles. The highest BCUT2D eigenvalue weighted by Gasteiger charge is 2.38. The molecule has 1 N–H and O–H groups in total. The lowest BCUT2D eigenvalue weighted by molar-refractivity contribution is -0.136. The number of imide groups is 1. The first-order valence-electron chi connectivity index (χ1n) is 9.64. The van der Waals surface area contributed by atoms with Crippen molar-refractivity contribution in [2.75, 3.05) is 18.5 Å². The summed E-state index contributed by atoms with van der Waals surface area (Å²) in [5.74, 6) is 0.160. The molecule has 3 rings (SSSR count). The third kappa shape index (κ3) is 3.79. The molecule has 0 saturated heterocycles. The zero-order valence-corrected chi connectivity index (χ0v) is 16.8. The average Bonchev–Trinajstić information content (AvgIpc) is 2.90. The molecule has 0 fully saturated rings. The standard InChI is InChI=1S/C23H26N2O3/c1-5-12-28-18-9-7-8-17(14-18)24-21-20(22(26)25(6-2)23(21)27)19-11-10-15(3)13-16(19)4/h7-11,13-14,24H,5-6,12H2,1-4H3. The van der Waals surface area contributed by atoms with Crippen LogP contribution < -0.4 is 10.1 Å². The molecular weight excluding hydrogens is 352 g/mol. The molecule has 5 heteroatoms. The number of anilines is 1. The minimum atomic E-state index is -0.303. The van der Waals surface area contributed by atoms with Crippen molar-refractivity contribution in [3.63, 3.8) is 0 Å². The molecule has 1 heterocycles. The fraction of sp³-hybridized carbons (Fsp3) is 0.304. The summed E-state index contributed by atoms with van der Waals surface area (Å²) in [6.45, 7) is 8.77. The molecule has 2 aromatic rings. The molecule has 0 spiro atoms. The summed E-state index contributed by atoms with van der Waals surface area (Å²) in [6.07, 6.45) is 0.915. The van der Waals surface area contributed by atoms with Gasteiger partial charge in [0.2, 0.25) is 0 Å². The second-order valence-electron chi connectivity index (χ2n) is 6.92. The Labute approximate surface area is 166 Å². The smallest absolute Gasteiger partial charge is 0.278 e. The third-order valence-corrected chi connectivity index (χ3v) is 4.71. The first kappa shape index (κ1) is 19.7. The van der Waals surface area contributed by atoms with Crippen LogP contribution in [0.15, 0.2) is 48.2 Å². The SMILES string of the molecule is CCCOc1cccc(NC2=C(c3ccc(C)cc3C)C(=O)N(CC)C2=O)c1. The van der Waals surface area contributed by atoms with Crippen LogP contribution in [-0.4, -0.2) is 29.9 Å². The first-order chi connectivity index (χ1) is 13.5. The number of ether oxygens (including phenoxy) is 1. The molecule has 2 aromatic carbocycles. The largest absolute Gasteiger partial charge is 0.494 e. The van der Waals surface area contributed by atoms with Crippen molar-refractivity contribution in [2.24, 2.45) is 0 Å². The molecule has 5 nitrogen and oxygen atoms in total. The van der Waals surface area contributed by atoms with Gasteiger partial charge in [-0.15, -0.1) is 0 Å². The van der Waals surface area contributed by atoms with E-state index < -0.39 is 0 Å². The summed E-state index contributed by atoms with van der Waals surface area (Å²) in [7, 11) is 0. The van der Waals surface area contributed by atoms with Crippen molar-refractivity contribution in [3.8, 4) is 5.75 Å². The highest BCUT2D eigenvalue weighted by atomic mass is 16.5. The van der Waals surface area contributed by atoms with E-state index in [1.54, 1.807) is 6.92 Å². The van der Waals surface area contributed by atoms with Gasteiger partial charge in [0.25, 0.3) is 11.8 Å². The van der Waals surface area contributed by atoms with Crippen molar-refractivity contribution in [1.29, 1.82) is 0 Å². The molecule has 1 aliphatic rings. The summed E-state index contributed by atoms with van der Waals surface area (Å²) in [6, 6.07) is 13.3. The van der Waals surface area contributed by atoms with Gasteiger partial charge in [-0.2, -0.15) is 0 Å². The lowest BCUT2D eigenvalue weighted by atomic mass is 9.97. The number of nitrogens with one attached hydrogen (secondary N) is 1. The molecule has 28 heavy (non-hydrogen) atoms. The van der Waals surface area contributed by atoms with Crippen LogP contribution in [0.25, 0.3) is 5.57 Å². The van der Waals surface area contributed by atoms with Crippen LogP contribution >= 0.6 is 0 Å². The van der Waals surface area contributed by atoms with E-state index in [0.29, 0.717) is 30.1 Å². The van der Waals surface area contributed by atoms with Crippen LogP contribution in [0.2, 0.25) is 0 Å². The number of carbonyl (C=O) groups excluding carboxylic acids is 2. The van der Waals surface area contributed by atoms with Crippen molar-refractivity contribution < 1.29 is 14.3 Å². The number of carbonyl (C=O) groups is 2. The maximum atomic E-state index is 13.0. The van der Waals surface area contributed by atoms with E-state index in [0.717, 1.165) is 28.9 Å². The predicted octanol–water partition coefficient (Wildman–Crippen LogP) is 4.30. The number of rotatable bonds is 7. The molecule has 0 radical (unpaired) electrons. The Kier molecular flexibility index (Phi) is 5.83. The Balaban J connectivity index is 2.04. The van der Waals surface area contributed by atoms with Gasteiger partial charge in [-0.05, 0) is 50.5 Å². The van der Waals surface area contributed by atoms with Crippen LogP contribution in [0.5, 0.6) is 5.75 Å². The minimum absolute atomic E-state index is 0.264. The number of amides is 2. The average molecular weight is 378 g/mol. The van der Waals surface area contributed by atoms with Gasteiger partial charge in [0, 0.05) is 18.3 Å². The molecule has 0 atom stereocenters. The Morgan fingerprint density at radius 1 is 1.00 bits per heavy atom. The van der Waals surface area contributed by atoms with E-state index in [1.165, 1.54) is 4.90 Å². The summed E-state index contributed by atoms with van der Waals surface area (Å²) in [4.78, 5) is 27.2. The zero-order chi connectivity index (χ0) is 20.3. The fourth-order valence-corrected chi connectivity index (χ4v) is 3.35. The van der Waals surface area contributed by atoms with E-state index >= 15 is 0 Å². The molecule has 1 aliphatic heterocycles. The van der Waals surface area contributed by atoms with Gasteiger partial charge in [0.1, 0.15) is 11.4 Å². The topological polar surface area (TPSA) is 58.6 Å². The lowest BCUT2D eigenvalue weighted by Gasteiger charge is -2.12. The van der Waals surface area contributed by atoms with Gasteiger partial charge < -0.3 is 10.1 Å². The van der Waals surface area contributed by atoms with Crippen molar-refractivity contribution in [2.45, 2.75) is 34.1 Å². The number of hydrogen-bond donors (Lipinski definition) is 1. The lowest BCUT2D eigenvalue weighted by Crippen LogP contribution is -2.32. The van der Waals surface area contributed by atoms with Crippen LogP contribution in [0, 0.1) is 13.8 Å². The highest BCUT2D eigenvalue weighted by molar-refractivity contribution is 6.36. The van der Waals surface area contributed by atoms with Gasteiger partial charge in [-0.25, -0.2) is 0 Å². The molecule has 0 aliphatic carbocycles. The van der Waals surface area contributed by atoms with Crippen LogP contribution in [0.1, 0.15) is 37.0 Å². The molecular formula is C23H26N2O3. The molecule has 0 bridgehead atoms. The normalized spacial score (nSPS) is 14.1. The van der Waals surface area contributed by atoms with Gasteiger partial charge in [0.05, 0.1) is 12.2 Å². The number of aryl methyl sites for hydroxylation is 2. The Morgan fingerprint density at radius 3 is 2.46 bits per heavy atom.